The summed E-state index contributed by atoms with van der Waals surface area (Å²) in [5, 5.41) is 2.67. The average molecular weight is 456 g/mol. The number of likely N-dealkylation sites (N-methyl/N-ethyl adjacent to an activating group) is 1. The van der Waals surface area contributed by atoms with Gasteiger partial charge in [-0.15, -0.1) is 0 Å². The number of carbonyl (C=O) groups is 2. The van der Waals surface area contributed by atoms with Crippen molar-refractivity contribution in [1.82, 2.24) is 9.47 Å². The average Bonchev–Trinajstić information content (AvgIpc) is 2.80. The van der Waals surface area contributed by atoms with Crippen LogP contribution in [0.4, 0.5) is 10.1 Å². The van der Waals surface area contributed by atoms with Crippen molar-refractivity contribution >= 4 is 17.5 Å². The van der Waals surface area contributed by atoms with E-state index in [9.17, 15) is 18.8 Å². The maximum Gasteiger partial charge on any atom is 0.275 e. The van der Waals surface area contributed by atoms with Crippen LogP contribution in [-0.4, -0.2) is 27.8 Å². The molecule has 0 aliphatic rings. The predicted octanol–water partition coefficient (Wildman–Crippen LogP) is 4.67. The van der Waals surface area contributed by atoms with Crippen molar-refractivity contribution < 1.29 is 14.0 Å². The van der Waals surface area contributed by atoms with E-state index in [1.54, 1.807) is 29.2 Å². The third-order valence-corrected chi connectivity index (χ3v) is 5.60. The number of aromatic nitrogens is 1. The van der Waals surface area contributed by atoms with Crippen LogP contribution in [0.15, 0.2) is 52.8 Å². The Balaban J connectivity index is 2.36. The maximum atomic E-state index is 13.2. The lowest BCUT2D eigenvalue weighted by Gasteiger charge is -2.23. The highest BCUT2D eigenvalue weighted by Gasteiger charge is 2.18. The monoisotopic (exact) mass is 455 g/mol. The van der Waals surface area contributed by atoms with Crippen molar-refractivity contribution in [2.75, 3.05) is 11.9 Å². The van der Waals surface area contributed by atoms with Gasteiger partial charge < -0.3 is 14.8 Å². The Hall–Kier alpha value is -3.22. The summed E-state index contributed by atoms with van der Waals surface area (Å²) >= 11 is 0. The van der Waals surface area contributed by atoms with Crippen molar-refractivity contribution in [3.8, 4) is 0 Å². The van der Waals surface area contributed by atoms with Gasteiger partial charge in [0.05, 0.1) is 0 Å². The summed E-state index contributed by atoms with van der Waals surface area (Å²) in [4.78, 5) is 40.1. The first kappa shape index (κ1) is 26.0. The van der Waals surface area contributed by atoms with Gasteiger partial charge in [-0.2, -0.15) is 0 Å². The van der Waals surface area contributed by atoms with Crippen molar-refractivity contribution in [3.05, 3.63) is 75.5 Å². The van der Waals surface area contributed by atoms with Gasteiger partial charge in [-0.1, -0.05) is 37.6 Å². The summed E-state index contributed by atoms with van der Waals surface area (Å²) in [5.41, 5.74) is 2.45. The lowest BCUT2D eigenvalue weighted by atomic mass is 10.1. The van der Waals surface area contributed by atoms with Gasteiger partial charge in [-0.05, 0) is 56.5 Å². The fourth-order valence-electron chi connectivity index (χ4n) is 3.56. The van der Waals surface area contributed by atoms with E-state index in [4.69, 9.17) is 0 Å². The number of nitrogens with zero attached hydrogens (tertiary/aromatic N) is 2. The normalized spacial score (nSPS) is 11.4. The van der Waals surface area contributed by atoms with Gasteiger partial charge >= 0.3 is 0 Å². The second-order valence-corrected chi connectivity index (χ2v) is 7.94. The van der Waals surface area contributed by atoms with Gasteiger partial charge in [0.2, 0.25) is 11.8 Å². The van der Waals surface area contributed by atoms with Crippen LogP contribution in [0.3, 0.4) is 0 Å². The van der Waals surface area contributed by atoms with Crippen molar-refractivity contribution in [2.24, 2.45) is 0 Å². The Morgan fingerprint density at radius 1 is 1.09 bits per heavy atom. The summed E-state index contributed by atoms with van der Waals surface area (Å²) in [6, 6.07) is 9.43. The molecule has 0 fully saturated rings. The van der Waals surface area contributed by atoms with Gasteiger partial charge in [0.1, 0.15) is 18.0 Å². The van der Waals surface area contributed by atoms with Crippen LogP contribution in [-0.2, 0) is 29.1 Å². The second-order valence-electron chi connectivity index (χ2n) is 7.94. The van der Waals surface area contributed by atoms with Gasteiger partial charge in [-0.3, -0.25) is 14.4 Å². The maximum absolute atomic E-state index is 13.2. The Labute approximate surface area is 195 Å². The fourth-order valence-corrected chi connectivity index (χ4v) is 3.56. The van der Waals surface area contributed by atoms with E-state index in [1.165, 1.54) is 16.7 Å². The van der Waals surface area contributed by atoms with E-state index in [1.807, 2.05) is 33.8 Å². The molecule has 1 heterocycles. The van der Waals surface area contributed by atoms with E-state index < -0.39 is 5.56 Å². The smallest absolute Gasteiger partial charge is 0.275 e. The molecule has 0 spiro atoms. The summed E-state index contributed by atoms with van der Waals surface area (Å²) in [6.45, 7) is 8.38. The van der Waals surface area contributed by atoms with Crippen LogP contribution in [0.5, 0.6) is 0 Å². The number of allylic oxidation sites excluding steroid dienone is 2. The van der Waals surface area contributed by atoms with E-state index in [0.29, 0.717) is 32.4 Å². The topological polar surface area (TPSA) is 71.4 Å². The molecule has 1 N–H and O–H groups in total. The molecule has 0 atom stereocenters. The molecule has 2 amide bonds. The molecule has 1 aromatic heterocycles. The highest BCUT2D eigenvalue weighted by molar-refractivity contribution is 5.90. The summed E-state index contributed by atoms with van der Waals surface area (Å²) in [5.74, 6) is -0.780. The number of hydrogen-bond donors (Lipinski definition) is 1. The molecule has 0 radical (unpaired) electrons. The minimum absolute atomic E-state index is 0.138. The van der Waals surface area contributed by atoms with E-state index in [0.717, 1.165) is 23.3 Å². The van der Waals surface area contributed by atoms with Crippen LogP contribution in [0.2, 0.25) is 0 Å². The van der Waals surface area contributed by atoms with Crippen molar-refractivity contribution in [1.29, 1.82) is 0 Å². The number of pyridine rings is 1. The molecule has 0 unspecified atom stereocenters. The number of carbonyl (C=O) groups excluding carboxylic acids is 2. The summed E-state index contributed by atoms with van der Waals surface area (Å²) in [7, 11) is 0. The van der Waals surface area contributed by atoms with Crippen LogP contribution < -0.4 is 10.9 Å². The molecule has 1 aromatic carbocycles. The van der Waals surface area contributed by atoms with Crippen LogP contribution >= 0.6 is 0 Å². The van der Waals surface area contributed by atoms with E-state index in [-0.39, 0.29) is 29.9 Å². The minimum Gasteiger partial charge on any atom is -0.337 e. The Morgan fingerprint density at radius 3 is 2.36 bits per heavy atom. The third-order valence-electron chi connectivity index (χ3n) is 5.60. The van der Waals surface area contributed by atoms with Gasteiger partial charge in [0.25, 0.3) is 5.56 Å². The zero-order chi connectivity index (χ0) is 24.4. The number of benzene rings is 1. The second kappa shape index (κ2) is 12.7. The fraction of sp³-hybridized carbons (Fsp3) is 0.423. The lowest BCUT2D eigenvalue weighted by Crippen LogP contribution is -2.38. The molecule has 0 saturated heterocycles. The molecule has 2 aromatic rings. The number of anilines is 1. The molecular weight excluding hydrogens is 421 g/mol. The number of halogens is 1. The van der Waals surface area contributed by atoms with Crippen LogP contribution in [0, 0.1) is 5.82 Å². The number of hydrogen-bond acceptors (Lipinski definition) is 3. The number of rotatable bonds is 11. The number of nitrogens with one attached hydrogen (secondary N) is 1. The summed E-state index contributed by atoms with van der Waals surface area (Å²) < 4.78 is 14.7. The molecular formula is C26H34FN3O3. The molecule has 0 bridgehead atoms. The molecule has 7 heteroatoms. The first-order valence-electron chi connectivity index (χ1n) is 11.5. The first-order valence-corrected chi connectivity index (χ1v) is 11.5. The zero-order valence-electron chi connectivity index (χ0n) is 20.0. The highest BCUT2D eigenvalue weighted by Crippen LogP contribution is 2.14. The zero-order valence-corrected chi connectivity index (χ0v) is 20.0. The molecule has 178 valence electrons. The van der Waals surface area contributed by atoms with E-state index >= 15 is 0 Å². The van der Waals surface area contributed by atoms with Crippen LogP contribution in [0.1, 0.15) is 58.2 Å². The standard InChI is InChI=1S/C26H34FN3O3/c1-5-9-24(31)28-23-15-14-22(16-19(6-2)7-3)30(26(23)33)18-25(32)29(8-4)17-20-10-12-21(27)13-11-20/h6,10-15H,5,7-9,16-18H2,1-4H3,(H,28,31)/b19-6+. The molecule has 0 aliphatic carbocycles. The SMILES string of the molecule is C/C=C(\CC)Cc1ccc(NC(=O)CCC)c(=O)n1CC(=O)N(CC)Cc1ccc(F)cc1. The third kappa shape index (κ3) is 7.41. The summed E-state index contributed by atoms with van der Waals surface area (Å²) in [6.07, 6.45) is 4.38. The predicted molar refractivity (Wildman–Crippen MR) is 129 cm³/mol. The highest BCUT2D eigenvalue weighted by atomic mass is 19.1. The Morgan fingerprint density at radius 2 is 1.79 bits per heavy atom. The Bertz CT molecular complexity index is 1040. The van der Waals surface area contributed by atoms with Crippen molar-refractivity contribution in [3.63, 3.8) is 0 Å². The minimum atomic E-state index is -0.394. The molecule has 33 heavy (non-hydrogen) atoms. The molecule has 2 rings (SSSR count). The van der Waals surface area contributed by atoms with Crippen molar-refractivity contribution in [2.45, 2.75) is 66.5 Å². The Kier molecular flexibility index (Phi) is 10.0. The molecule has 0 aliphatic heterocycles. The van der Waals surface area contributed by atoms with Crippen LogP contribution in [0.25, 0.3) is 0 Å². The van der Waals surface area contributed by atoms with Gasteiger partial charge in [0.15, 0.2) is 0 Å². The molecule has 0 saturated carbocycles. The molecule has 6 nitrogen and oxygen atoms in total. The van der Waals surface area contributed by atoms with E-state index in [2.05, 4.69) is 5.32 Å². The van der Waals surface area contributed by atoms with Gasteiger partial charge in [0, 0.05) is 31.6 Å². The largest absolute Gasteiger partial charge is 0.337 e. The quantitative estimate of drug-likeness (QED) is 0.501. The van der Waals surface area contributed by atoms with Gasteiger partial charge in [-0.25, -0.2) is 4.39 Å². The first-order chi connectivity index (χ1) is 15.8. The lowest BCUT2D eigenvalue weighted by molar-refractivity contribution is -0.132. The number of amides is 2.